The molecule has 1 unspecified atom stereocenters. The predicted molar refractivity (Wildman–Crippen MR) is 125 cm³/mol. The Morgan fingerprint density at radius 2 is 1.76 bits per heavy atom. The lowest BCUT2D eigenvalue weighted by Crippen LogP contribution is -2.40. The van der Waals surface area contributed by atoms with E-state index in [0.717, 1.165) is 12.0 Å². The summed E-state index contributed by atoms with van der Waals surface area (Å²) >= 11 is 6.41. The van der Waals surface area contributed by atoms with Crippen molar-refractivity contribution in [1.82, 2.24) is 10.2 Å². The second kappa shape index (κ2) is 11.8. The molecule has 0 bridgehead atoms. The normalized spacial score (nSPS) is 14.1. The van der Waals surface area contributed by atoms with Crippen LogP contribution in [0.25, 0.3) is 0 Å². The van der Waals surface area contributed by atoms with Gasteiger partial charge in [0.15, 0.2) is 11.5 Å². The number of nitrogens with zero attached hydrogens (tertiary/aromatic N) is 1. The van der Waals surface area contributed by atoms with Gasteiger partial charge in [0.1, 0.15) is 17.5 Å². The van der Waals surface area contributed by atoms with E-state index in [1.807, 2.05) is 19.9 Å². The van der Waals surface area contributed by atoms with Gasteiger partial charge in [0.25, 0.3) is 0 Å². The lowest BCUT2D eigenvalue weighted by atomic mass is 10.1. The zero-order chi connectivity index (χ0) is 24.8. The number of carbonyl (C=O) groups is 1. The lowest BCUT2D eigenvalue weighted by Gasteiger charge is -2.28. The monoisotopic (exact) mass is 498 g/mol. The van der Waals surface area contributed by atoms with Gasteiger partial charge in [0.05, 0.1) is 18.2 Å². The Hall–Kier alpha value is -2.45. The molecule has 1 amide bonds. The Bertz CT molecular complexity index is 996. The Kier molecular flexibility index (Phi) is 9.08. The third-order valence-corrected chi connectivity index (χ3v) is 5.69. The highest BCUT2D eigenvalue weighted by molar-refractivity contribution is 6.32. The number of benzene rings is 2. The summed E-state index contributed by atoms with van der Waals surface area (Å²) in [5.41, 5.74) is 0.556. The van der Waals surface area contributed by atoms with Gasteiger partial charge in [-0.2, -0.15) is 0 Å². The Labute approximate surface area is 203 Å². The van der Waals surface area contributed by atoms with E-state index in [1.54, 1.807) is 17.9 Å². The molecule has 1 N–H and O–H groups in total. The standard InChI is InChI=1S/C25H30ClF3N2O3/c1-15(2)13-31(14-17-7-20(26)24-23(8-17)33-5-4-6-34-24)25(32)16(3)11-30-12-19-21(28)9-18(27)10-22(19)29/h7-10,15-16,30H,4-6,11-14H2,1-3H3. The van der Waals surface area contributed by atoms with Crippen LogP contribution in [-0.2, 0) is 17.9 Å². The molecule has 2 aromatic rings. The summed E-state index contributed by atoms with van der Waals surface area (Å²) < 4.78 is 52.3. The molecule has 5 nitrogen and oxygen atoms in total. The number of ether oxygens (including phenoxy) is 2. The van der Waals surface area contributed by atoms with E-state index in [4.69, 9.17) is 21.1 Å². The van der Waals surface area contributed by atoms with Gasteiger partial charge in [-0.1, -0.05) is 32.4 Å². The molecule has 1 aliphatic rings. The first-order valence-corrected chi connectivity index (χ1v) is 11.7. The van der Waals surface area contributed by atoms with Gasteiger partial charge in [0, 0.05) is 56.2 Å². The third kappa shape index (κ3) is 6.79. The van der Waals surface area contributed by atoms with Gasteiger partial charge < -0.3 is 19.7 Å². The largest absolute Gasteiger partial charge is 0.489 e. The minimum absolute atomic E-state index is 0.107. The van der Waals surface area contributed by atoms with Crippen molar-refractivity contribution in [2.24, 2.45) is 11.8 Å². The molecule has 0 fully saturated rings. The van der Waals surface area contributed by atoms with E-state index in [0.29, 0.717) is 55.0 Å². The fourth-order valence-electron chi connectivity index (χ4n) is 3.82. The molecule has 9 heteroatoms. The van der Waals surface area contributed by atoms with Gasteiger partial charge in [-0.15, -0.1) is 0 Å². The minimum atomic E-state index is -0.971. The van der Waals surface area contributed by atoms with Crippen LogP contribution >= 0.6 is 11.6 Å². The second-order valence-corrected chi connectivity index (χ2v) is 9.36. The van der Waals surface area contributed by atoms with Crippen molar-refractivity contribution in [2.45, 2.75) is 40.3 Å². The first-order valence-electron chi connectivity index (χ1n) is 11.4. The number of fused-ring (bicyclic) bond motifs is 1. The number of hydrogen-bond acceptors (Lipinski definition) is 4. The molecule has 1 aliphatic heterocycles. The number of rotatable bonds is 9. The number of halogens is 4. The first kappa shape index (κ1) is 26.2. The smallest absolute Gasteiger partial charge is 0.226 e. The second-order valence-electron chi connectivity index (χ2n) is 8.95. The molecule has 0 aliphatic carbocycles. The number of carbonyl (C=O) groups excluding carboxylic acids is 1. The van der Waals surface area contributed by atoms with Crippen LogP contribution in [0.4, 0.5) is 13.2 Å². The molecule has 0 saturated heterocycles. The summed E-state index contributed by atoms with van der Waals surface area (Å²) in [4.78, 5) is 15.0. The lowest BCUT2D eigenvalue weighted by molar-refractivity contribution is -0.136. The summed E-state index contributed by atoms with van der Waals surface area (Å²) in [7, 11) is 0. The van der Waals surface area contributed by atoms with Crippen LogP contribution in [0, 0.1) is 29.3 Å². The van der Waals surface area contributed by atoms with E-state index in [2.05, 4.69) is 5.32 Å². The maximum atomic E-state index is 13.9. The van der Waals surface area contributed by atoms with Crippen molar-refractivity contribution in [3.63, 3.8) is 0 Å². The zero-order valence-corrected chi connectivity index (χ0v) is 20.4. The van der Waals surface area contributed by atoms with Crippen molar-refractivity contribution in [3.8, 4) is 11.5 Å². The summed E-state index contributed by atoms with van der Waals surface area (Å²) in [6.07, 6.45) is 0.758. The highest BCUT2D eigenvalue weighted by Crippen LogP contribution is 2.38. The molecule has 0 spiro atoms. The molecule has 186 valence electrons. The van der Waals surface area contributed by atoms with Gasteiger partial charge in [0.2, 0.25) is 5.91 Å². The van der Waals surface area contributed by atoms with Crippen LogP contribution in [0.2, 0.25) is 5.02 Å². The van der Waals surface area contributed by atoms with Gasteiger partial charge in [-0.05, 0) is 23.6 Å². The predicted octanol–water partition coefficient (Wildman–Crippen LogP) is 5.33. The molecule has 2 aromatic carbocycles. The fourth-order valence-corrected chi connectivity index (χ4v) is 4.11. The molecule has 1 atom stereocenters. The van der Waals surface area contributed by atoms with Crippen LogP contribution in [0.1, 0.15) is 38.3 Å². The van der Waals surface area contributed by atoms with Crippen LogP contribution in [-0.4, -0.2) is 37.1 Å². The molecule has 0 saturated carbocycles. The van der Waals surface area contributed by atoms with Crippen molar-refractivity contribution in [2.75, 3.05) is 26.3 Å². The molecular formula is C25H30ClF3N2O3. The molecular weight excluding hydrogens is 469 g/mol. The van der Waals surface area contributed by atoms with E-state index in [9.17, 15) is 18.0 Å². The number of amides is 1. The first-order chi connectivity index (χ1) is 16.2. The SMILES string of the molecule is CC(C)CN(Cc1cc(Cl)c2c(c1)OCCCO2)C(=O)C(C)CNCc1c(F)cc(F)cc1F. The maximum Gasteiger partial charge on any atom is 0.226 e. The van der Waals surface area contributed by atoms with Crippen LogP contribution in [0.3, 0.4) is 0 Å². The van der Waals surface area contributed by atoms with Crippen LogP contribution in [0.5, 0.6) is 11.5 Å². The van der Waals surface area contributed by atoms with Crippen molar-refractivity contribution in [1.29, 1.82) is 0 Å². The summed E-state index contributed by atoms with van der Waals surface area (Å²) in [6.45, 7) is 7.74. The van der Waals surface area contributed by atoms with E-state index in [-0.39, 0.29) is 30.5 Å². The third-order valence-electron chi connectivity index (χ3n) is 5.41. The summed E-state index contributed by atoms with van der Waals surface area (Å²) in [5.74, 6) is -2.15. The van der Waals surface area contributed by atoms with Gasteiger partial charge in [-0.25, -0.2) is 13.2 Å². The van der Waals surface area contributed by atoms with Gasteiger partial charge in [-0.3, -0.25) is 4.79 Å². The van der Waals surface area contributed by atoms with E-state index in [1.165, 1.54) is 0 Å². The van der Waals surface area contributed by atoms with E-state index < -0.39 is 23.4 Å². The fraction of sp³-hybridized carbons (Fsp3) is 0.480. The quantitative estimate of drug-likeness (QED) is 0.508. The van der Waals surface area contributed by atoms with Crippen LogP contribution in [0.15, 0.2) is 24.3 Å². The highest BCUT2D eigenvalue weighted by atomic mass is 35.5. The average Bonchev–Trinajstić information content (AvgIpc) is 3.00. The summed E-state index contributed by atoms with van der Waals surface area (Å²) in [5, 5.41) is 3.34. The van der Waals surface area contributed by atoms with Crippen molar-refractivity contribution < 1.29 is 27.4 Å². The maximum absolute atomic E-state index is 13.9. The topological polar surface area (TPSA) is 50.8 Å². The van der Waals surface area contributed by atoms with Crippen LogP contribution < -0.4 is 14.8 Å². The molecule has 0 aromatic heterocycles. The highest BCUT2D eigenvalue weighted by Gasteiger charge is 2.23. The van der Waals surface area contributed by atoms with Crippen molar-refractivity contribution >= 4 is 17.5 Å². The molecule has 3 rings (SSSR count). The number of nitrogens with one attached hydrogen (secondary N) is 1. The van der Waals surface area contributed by atoms with Gasteiger partial charge >= 0.3 is 0 Å². The molecule has 1 heterocycles. The summed E-state index contributed by atoms with van der Waals surface area (Å²) in [6, 6.07) is 4.90. The molecule has 34 heavy (non-hydrogen) atoms. The Morgan fingerprint density at radius 1 is 1.09 bits per heavy atom. The Morgan fingerprint density at radius 3 is 2.44 bits per heavy atom. The molecule has 0 radical (unpaired) electrons. The van der Waals surface area contributed by atoms with E-state index >= 15 is 0 Å². The minimum Gasteiger partial charge on any atom is -0.489 e. The number of hydrogen-bond donors (Lipinski definition) is 1. The average molecular weight is 499 g/mol. The Balaban J connectivity index is 1.67. The van der Waals surface area contributed by atoms with Crippen molar-refractivity contribution in [3.05, 3.63) is 57.9 Å². The zero-order valence-electron chi connectivity index (χ0n) is 19.6.